The van der Waals surface area contributed by atoms with Crippen molar-refractivity contribution in [2.75, 3.05) is 0 Å². The van der Waals surface area contributed by atoms with Gasteiger partial charge in [-0.25, -0.2) is 4.39 Å². The molecule has 0 unspecified atom stereocenters. The number of halogens is 1. The van der Waals surface area contributed by atoms with Gasteiger partial charge in [-0.1, -0.05) is 6.07 Å². The van der Waals surface area contributed by atoms with Gasteiger partial charge in [-0.05, 0) is 59.8 Å². The SMILES string of the molecule is Cc1cc(C#N)ccc1Cn1ccc2ccc(F)cc21. The molecule has 0 saturated carbocycles. The van der Waals surface area contributed by atoms with Crippen molar-refractivity contribution < 1.29 is 4.39 Å². The quantitative estimate of drug-likeness (QED) is 0.687. The molecule has 0 atom stereocenters. The van der Waals surface area contributed by atoms with E-state index in [2.05, 4.69) is 6.07 Å². The fourth-order valence-electron chi connectivity index (χ4n) is 2.42. The highest BCUT2D eigenvalue weighted by Gasteiger charge is 2.05. The molecular weight excluding hydrogens is 251 g/mol. The summed E-state index contributed by atoms with van der Waals surface area (Å²) in [7, 11) is 0. The summed E-state index contributed by atoms with van der Waals surface area (Å²) in [4.78, 5) is 0. The summed E-state index contributed by atoms with van der Waals surface area (Å²) in [6.07, 6.45) is 1.96. The Hall–Kier alpha value is -2.60. The molecule has 0 spiro atoms. The number of nitriles is 1. The van der Waals surface area contributed by atoms with Crippen molar-refractivity contribution in [1.82, 2.24) is 4.57 Å². The van der Waals surface area contributed by atoms with Gasteiger partial charge in [0.05, 0.1) is 17.1 Å². The monoisotopic (exact) mass is 264 g/mol. The van der Waals surface area contributed by atoms with E-state index >= 15 is 0 Å². The van der Waals surface area contributed by atoms with Crippen LogP contribution in [0.15, 0.2) is 48.7 Å². The van der Waals surface area contributed by atoms with Gasteiger partial charge in [0.25, 0.3) is 0 Å². The summed E-state index contributed by atoms with van der Waals surface area (Å²) >= 11 is 0. The smallest absolute Gasteiger partial charge is 0.125 e. The molecule has 1 aromatic heterocycles. The van der Waals surface area contributed by atoms with Crippen LogP contribution in [0.25, 0.3) is 10.9 Å². The molecule has 0 radical (unpaired) electrons. The molecule has 0 bridgehead atoms. The molecule has 20 heavy (non-hydrogen) atoms. The third kappa shape index (κ3) is 2.17. The highest BCUT2D eigenvalue weighted by molar-refractivity contribution is 5.80. The Balaban J connectivity index is 2.01. The lowest BCUT2D eigenvalue weighted by Gasteiger charge is -2.09. The van der Waals surface area contributed by atoms with E-state index < -0.39 is 0 Å². The first-order valence-electron chi connectivity index (χ1n) is 6.41. The molecule has 3 rings (SSSR count). The van der Waals surface area contributed by atoms with E-state index in [1.165, 1.54) is 6.07 Å². The largest absolute Gasteiger partial charge is 0.343 e. The van der Waals surface area contributed by atoms with Gasteiger partial charge in [0.15, 0.2) is 0 Å². The molecule has 0 fully saturated rings. The Bertz CT molecular complexity index is 825. The Morgan fingerprint density at radius 1 is 1.15 bits per heavy atom. The molecule has 2 aromatic carbocycles. The molecule has 0 amide bonds. The van der Waals surface area contributed by atoms with Crippen molar-refractivity contribution >= 4 is 10.9 Å². The van der Waals surface area contributed by atoms with Crippen LogP contribution in [0.4, 0.5) is 4.39 Å². The average Bonchev–Trinajstić information content (AvgIpc) is 2.83. The first-order chi connectivity index (χ1) is 9.67. The van der Waals surface area contributed by atoms with Crippen LogP contribution < -0.4 is 0 Å². The van der Waals surface area contributed by atoms with E-state index in [4.69, 9.17) is 5.26 Å². The van der Waals surface area contributed by atoms with E-state index in [0.29, 0.717) is 12.1 Å². The summed E-state index contributed by atoms with van der Waals surface area (Å²) in [6, 6.07) is 14.6. The lowest BCUT2D eigenvalue weighted by atomic mass is 10.1. The van der Waals surface area contributed by atoms with Gasteiger partial charge >= 0.3 is 0 Å². The number of nitrogens with zero attached hydrogens (tertiary/aromatic N) is 2. The highest BCUT2D eigenvalue weighted by atomic mass is 19.1. The Morgan fingerprint density at radius 2 is 2.00 bits per heavy atom. The van der Waals surface area contributed by atoms with Crippen LogP contribution in [0.3, 0.4) is 0 Å². The minimum atomic E-state index is -0.228. The predicted octanol–water partition coefficient (Wildman–Crippen LogP) is 4.01. The van der Waals surface area contributed by atoms with Crippen molar-refractivity contribution in [3.63, 3.8) is 0 Å². The summed E-state index contributed by atoms with van der Waals surface area (Å²) in [6.45, 7) is 2.66. The molecule has 3 heteroatoms. The maximum Gasteiger partial charge on any atom is 0.125 e. The maximum absolute atomic E-state index is 13.4. The molecule has 98 valence electrons. The molecule has 0 aliphatic carbocycles. The molecule has 2 nitrogen and oxygen atoms in total. The number of hydrogen-bond donors (Lipinski definition) is 0. The van der Waals surface area contributed by atoms with Crippen LogP contribution in [-0.4, -0.2) is 4.57 Å². The third-order valence-electron chi connectivity index (χ3n) is 3.55. The van der Waals surface area contributed by atoms with Gasteiger partial charge in [0.1, 0.15) is 5.82 Å². The number of fused-ring (bicyclic) bond motifs is 1. The van der Waals surface area contributed by atoms with Crippen LogP contribution >= 0.6 is 0 Å². The average molecular weight is 264 g/mol. The second-order valence-corrected chi connectivity index (χ2v) is 4.90. The number of rotatable bonds is 2. The second kappa shape index (κ2) is 4.82. The molecule has 0 aliphatic heterocycles. The fourth-order valence-corrected chi connectivity index (χ4v) is 2.42. The van der Waals surface area contributed by atoms with E-state index in [9.17, 15) is 4.39 Å². The van der Waals surface area contributed by atoms with Gasteiger partial charge in [-0.15, -0.1) is 0 Å². The number of aromatic nitrogens is 1. The van der Waals surface area contributed by atoms with E-state index in [0.717, 1.165) is 22.0 Å². The Morgan fingerprint density at radius 3 is 2.75 bits per heavy atom. The first kappa shape index (κ1) is 12.4. The third-order valence-corrected chi connectivity index (χ3v) is 3.55. The van der Waals surface area contributed by atoms with E-state index in [1.807, 2.05) is 42.0 Å². The zero-order chi connectivity index (χ0) is 14.1. The van der Waals surface area contributed by atoms with Crippen molar-refractivity contribution in [2.24, 2.45) is 0 Å². The van der Waals surface area contributed by atoms with Crippen molar-refractivity contribution in [1.29, 1.82) is 5.26 Å². The van der Waals surface area contributed by atoms with Crippen molar-refractivity contribution in [3.8, 4) is 6.07 Å². The molecule has 0 aliphatic rings. The molecular formula is C17H13FN2. The molecule has 1 heterocycles. The summed E-state index contributed by atoms with van der Waals surface area (Å²) in [5.41, 5.74) is 3.75. The van der Waals surface area contributed by atoms with Crippen LogP contribution in [-0.2, 0) is 6.54 Å². The van der Waals surface area contributed by atoms with Crippen LogP contribution in [0.2, 0.25) is 0 Å². The minimum absolute atomic E-state index is 0.228. The van der Waals surface area contributed by atoms with E-state index in [-0.39, 0.29) is 5.82 Å². The number of aryl methyl sites for hydroxylation is 1. The molecule has 0 saturated heterocycles. The molecule has 3 aromatic rings. The van der Waals surface area contributed by atoms with Gasteiger partial charge in [0.2, 0.25) is 0 Å². The van der Waals surface area contributed by atoms with Gasteiger partial charge in [0, 0.05) is 12.7 Å². The van der Waals surface area contributed by atoms with Gasteiger partial charge in [-0.2, -0.15) is 5.26 Å². The van der Waals surface area contributed by atoms with Crippen LogP contribution in [0.1, 0.15) is 16.7 Å². The molecule has 0 N–H and O–H groups in total. The maximum atomic E-state index is 13.4. The van der Waals surface area contributed by atoms with E-state index in [1.54, 1.807) is 12.1 Å². The zero-order valence-corrected chi connectivity index (χ0v) is 11.1. The Kier molecular flexibility index (Phi) is 3.00. The minimum Gasteiger partial charge on any atom is -0.343 e. The standard InChI is InChI=1S/C17H13FN2/c1-12-8-13(10-19)2-3-15(12)11-20-7-6-14-4-5-16(18)9-17(14)20/h2-9H,11H2,1H3. The second-order valence-electron chi connectivity index (χ2n) is 4.90. The summed E-state index contributed by atoms with van der Waals surface area (Å²) in [5, 5.41) is 9.91. The predicted molar refractivity (Wildman–Crippen MR) is 76.9 cm³/mol. The lowest BCUT2D eigenvalue weighted by molar-refractivity contribution is 0.628. The zero-order valence-electron chi connectivity index (χ0n) is 11.1. The van der Waals surface area contributed by atoms with Gasteiger partial charge < -0.3 is 4.57 Å². The van der Waals surface area contributed by atoms with Crippen LogP contribution in [0, 0.1) is 24.1 Å². The Labute approximate surface area is 116 Å². The topological polar surface area (TPSA) is 28.7 Å². The van der Waals surface area contributed by atoms with Crippen molar-refractivity contribution in [2.45, 2.75) is 13.5 Å². The number of benzene rings is 2. The summed E-state index contributed by atoms with van der Waals surface area (Å²) in [5.74, 6) is -0.228. The number of hydrogen-bond acceptors (Lipinski definition) is 1. The first-order valence-corrected chi connectivity index (χ1v) is 6.41. The fraction of sp³-hybridized carbons (Fsp3) is 0.118. The summed E-state index contributed by atoms with van der Waals surface area (Å²) < 4.78 is 15.4. The van der Waals surface area contributed by atoms with Crippen LogP contribution in [0.5, 0.6) is 0 Å². The van der Waals surface area contributed by atoms with Gasteiger partial charge in [-0.3, -0.25) is 0 Å². The highest BCUT2D eigenvalue weighted by Crippen LogP contribution is 2.20. The van der Waals surface area contributed by atoms with Crippen molar-refractivity contribution in [3.05, 3.63) is 71.2 Å². The lowest BCUT2D eigenvalue weighted by Crippen LogP contribution is -2.00. The normalized spacial score (nSPS) is 10.7.